The number of hydrogen-bond acceptors (Lipinski definition) is 3. The first kappa shape index (κ1) is 17.2. The second-order valence-corrected chi connectivity index (χ2v) is 6.75. The Balaban J connectivity index is 1.76. The molecule has 0 radical (unpaired) electrons. The Bertz CT molecular complexity index is 880. The van der Waals surface area contributed by atoms with Crippen molar-refractivity contribution in [3.63, 3.8) is 0 Å². The van der Waals surface area contributed by atoms with Gasteiger partial charge in [-0.15, -0.1) is 0 Å². The lowest BCUT2D eigenvalue weighted by atomic mass is 10.1. The number of imidazole rings is 1. The van der Waals surface area contributed by atoms with E-state index >= 15 is 0 Å². The largest absolute Gasteiger partial charge is 0.337 e. The Morgan fingerprint density at radius 3 is 2.32 bits per heavy atom. The number of rotatable bonds is 5. The highest BCUT2D eigenvalue weighted by molar-refractivity contribution is 5.99. The molecule has 0 saturated carbocycles. The average Bonchev–Trinajstić information content (AvgIpc) is 2.95. The number of nitrogens with zero attached hydrogens (tertiary/aromatic N) is 4. The summed E-state index contributed by atoms with van der Waals surface area (Å²) < 4.78 is 1.90. The fourth-order valence-electron chi connectivity index (χ4n) is 2.97. The van der Waals surface area contributed by atoms with Crippen molar-refractivity contribution in [3.05, 3.63) is 71.2 Å². The van der Waals surface area contributed by atoms with Crippen LogP contribution in [0.15, 0.2) is 48.8 Å². The van der Waals surface area contributed by atoms with Crippen molar-refractivity contribution in [2.24, 2.45) is 0 Å². The van der Waals surface area contributed by atoms with E-state index in [9.17, 15) is 4.79 Å². The monoisotopic (exact) mass is 336 g/mol. The third-order valence-corrected chi connectivity index (χ3v) is 4.12. The van der Waals surface area contributed by atoms with Gasteiger partial charge in [-0.05, 0) is 44.3 Å². The summed E-state index contributed by atoms with van der Waals surface area (Å²) in [5, 5.41) is 0. The molecule has 5 nitrogen and oxygen atoms in total. The molecule has 1 amide bonds. The Morgan fingerprint density at radius 1 is 1.04 bits per heavy atom. The predicted octanol–water partition coefficient (Wildman–Crippen LogP) is 2.98. The van der Waals surface area contributed by atoms with E-state index in [2.05, 4.69) is 48.2 Å². The van der Waals surface area contributed by atoms with Crippen LogP contribution in [0, 0.1) is 6.92 Å². The maximum Gasteiger partial charge on any atom is 0.257 e. The summed E-state index contributed by atoms with van der Waals surface area (Å²) in [6, 6.07) is 12.1. The molecule has 0 spiro atoms. The molecule has 3 aromatic rings. The van der Waals surface area contributed by atoms with E-state index in [-0.39, 0.29) is 5.91 Å². The van der Waals surface area contributed by atoms with Crippen LogP contribution in [0.4, 0.5) is 0 Å². The summed E-state index contributed by atoms with van der Waals surface area (Å²) in [4.78, 5) is 21.2. The zero-order chi connectivity index (χ0) is 18.0. The van der Waals surface area contributed by atoms with Crippen LogP contribution in [0.2, 0.25) is 0 Å². The molecular formula is C20H24N4O. The molecule has 0 atom stereocenters. The number of aromatic nitrogens is 2. The van der Waals surface area contributed by atoms with Crippen LogP contribution in [0.25, 0.3) is 5.65 Å². The fourth-order valence-corrected chi connectivity index (χ4v) is 2.97. The summed E-state index contributed by atoms with van der Waals surface area (Å²) in [7, 11) is 5.94. The number of hydrogen-bond donors (Lipinski definition) is 0. The van der Waals surface area contributed by atoms with Crippen LogP contribution in [0.1, 0.15) is 27.2 Å². The summed E-state index contributed by atoms with van der Waals surface area (Å²) in [6.45, 7) is 3.42. The molecule has 5 heteroatoms. The number of aryl methyl sites for hydroxylation is 1. The number of pyridine rings is 1. The smallest absolute Gasteiger partial charge is 0.257 e. The molecule has 0 fully saturated rings. The number of benzene rings is 1. The summed E-state index contributed by atoms with van der Waals surface area (Å²) >= 11 is 0. The molecule has 0 N–H and O–H groups in total. The summed E-state index contributed by atoms with van der Waals surface area (Å²) in [5.74, 6) is -0.0198. The molecule has 1 aromatic carbocycles. The highest BCUT2D eigenvalue weighted by atomic mass is 16.2. The normalized spacial score (nSPS) is 11.2. The first-order valence-corrected chi connectivity index (χ1v) is 8.36. The number of amides is 1. The van der Waals surface area contributed by atoms with E-state index in [4.69, 9.17) is 0 Å². The minimum Gasteiger partial charge on any atom is -0.337 e. The lowest BCUT2D eigenvalue weighted by Gasteiger charge is -2.18. The van der Waals surface area contributed by atoms with Gasteiger partial charge in [-0.3, -0.25) is 4.79 Å². The lowest BCUT2D eigenvalue weighted by molar-refractivity contribution is 0.0786. The Morgan fingerprint density at radius 2 is 1.68 bits per heavy atom. The standard InChI is InChI=1S/C20H24N4O/c1-15-12-24-11-5-6-18(19(24)21-15)20(25)23(4)14-17-9-7-16(8-10-17)13-22(2)3/h5-12H,13-14H2,1-4H3. The van der Waals surface area contributed by atoms with E-state index in [1.807, 2.05) is 42.9 Å². The Labute approximate surface area is 148 Å². The van der Waals surface area contributed by atoms with Crippen molar-refractivity contribution in [1.82, 2.24) is 19.2 Å². The quantitative estimate of drug-likeness (QED) is 0.719. The molecule has 3 rings (SSSR count). The molecule has 0 aliphatic heterocycles. The zero-order valence-electron chi connectivity index (χ0n) is 15.2. The predicted molar refractivity (Wildman–Crippen MR) is 99.6 cm³/mol. The number of carbonyl (C=O) groups excluding carboxylic acids is 1. The fraction of sp³-hybridized carbons (Fsp3) is 0.300. The maximum atomic E-state index is 12.9. The van der Waals surface area contributed by atoms with Gasteiger partial charge in [0.25, 0.3) is 5.91 Å². The van der Waals surface area contributed by atoms with Gasteiger partial charge in [-0.2, -0.15) is 0 Å². The van der Waals surface area contributed by atoms with Crippen LogP contribution in [-0.2, 0) is 13.1 Å². The maximum absolute atomic E-state index is 12.9. The van der Waals surface area contributed by atoms with E-state index in [1.54, 1.807) is 4.90 Å². The van der Waals surface area contributed by atoms with Gasteiger partial charge in [0.15, 0.2) is 0 Å². The number of fused-ring (bicyclic) bond motifs is 1. The van der Waals surface area contributed by atoms with E-state index in [1.165, 1.54) is 5.56 Å². The van der Waals surface area contributed by atoms with Crippen molar-refractivity contribution in [3.8, 4) is 0 Å². The summed E-state index contributed by atoms with van der Waals surface area (Å²) in [5.41, 5.74) is 4.62. The SMILES string of the molecule is Cc1cn2cccc(C(=O)N(C)Cc3ccc(CN(C)C)cc3)c2n1. The van der Waals surface area contributed by atoms with Gasteiger partial charge in [-0.1, -0.05) is 24.3 Å². The first-order valence-electron chi connectivity index (χ1n) is 8.36. The molecule has 0 saturated heterocycles. The van der Waals surface area contributed by atoms with Gasteiger partial charge >= 0.3 is 0 Å². The first-order chi connectivity index (χ1) is 11.9. The molecule has 2 heterocycles. The molecule has 0 aliphatic carbocycles. The molecule has 0 unspecified atom stereocenters. The third-order valence-electron chi connectivity index (χ3n) is 4.12. The lowest BCUT2D eigenvalue weighted by Crippen LogP contribution is -2.26. The van der Waals surface area contributed by atoms with Crippen molar-refractivity contribution in [1.29, 1.82) is 0 Å². The molecule has 2 aromatic heterocycles. The Kier molecular flexibility index (Phi) is 4.86. The molecule has 130 valence electrons. The van der Waals surface area contributed by atoms with Gasteiger partial charge < -0.3 is 14.2 Å². The van der Waals surface area contributed by atoms with Crippen molar-refractivity contribution >= 4 is 11.6 Å². The highest BCUT2D eigenvalue weighted by Crippen LogP contribution is 2.15. The second kappa shape index (κ2) is 7.07. The van der Waals surface area contributed by atoms with E-state index < -0.39 is 0 Å². The van der Waals surface area contributed by atoms with Gasteiger partial charge in [-0.25, -0.2) is 4.98 Å². The van der Waals surface area contributed by atoms with E-state index in [0.29, 0.717) is 17.8 Å². The van der Waals surface area contributed by atoms with Crippen LogP contribution < -0.4 is 0 Å². The van der Waals surface area contributed by atoms with Crippen LogP contribution >= 0.6 is 0 Å². The minimum atomic E-state index is -0.0198. The third kappa shape index (κ3) is 3.88. The highest BCUT2D eigenvalue weighted by Gasteiger charge is 2.16. The van der Waals surface area contributed by atoms with Crippen LogP contribution in [0.5, 0.6) is 0 Å². The Hall–Kier alpha value is -2.66. The van der Waals surface area contributed by atoms with Gasteiger partial charge in [0, 0.05) is 32.5 Å². The minimum absolute atomic E-state index is 0.0198. The molecule has 0 bridgehead atoms. The second-order valence-electron chi connectivity index (χ2n) is 6.75. The topological polar surface area (TPSA) is 40.9 Å². The number of carbonyl (C=O) groups is 1. The van der Waals surface area contributed by atoms with Gasteiger partial charge in [0.1, 0.15) is 5.65 Å². The van der Waals surface area contributed by atoms with Gasteiger partial charge in [0.2, 0.25) is 0 Å². The van der Waals surface area contributed by atoms with E-state index in [0.717, 1.165) is 17.8 Å². The molecule has 25 heavy (non-hydrogen) atoms. The van der Waals surface area contributed by atoms with Crippen LogP contribution in [-0.4, -0.2) is 46.2 Å². The van der Waals surface area contributed by atoms with Crippen molar-refractivity contribution < 1.29 is 4.79 Å². The van der Waals surface area contributed by atoms with Crippen molar-refractivity contribution in [2.75, 3.05) is 21.1 Å². The van der Waals surface area contributed by atoms with Crippen molar-refractivity contribution in [2.45, 2.75) is 20.0 Å². The van der Waals surface area contributed by atoms with Crippen LogP contribution in [0.3, 0.4) is 0 Å². The summed E-state index contributed by atoms with van der Waals surface area (Å²) in [6.07, 6.45) is 3.84. The molecule has 0 aliphatic rings. The average molecular weight is 336 g/mol. The molecular weight excluding hydrogens is 312 g/mol. The zero-order valence-corrected chi connectivity index (χ0v) is 15.2. The van der Waals surface area contributed by atoms with Gasteiger partial charge in [0.05, 0.1) is 11.3 Å².